The smallest absolute Gasteiger partial charge is 0.191 e. The Morgan fingerprint density at radius 3 is 2.83 bits per heavy atom. The lowest BCUT2D eigenvalue weighted by Crippen LogP contribution is -2.38. The van der Waals surface area contributed by atoms with Crippen molar-refractivity contribution in [3.63, 3.8) is 0 Å². The number of nitrogens with zero attached hydrogens (tertiary/aromatic N) is 5. The first-order valence-electron chi connectivity index (χ1n) is 7.49. The summed E-state index contributed by atoms with van der Waals surface area (Å²) in [5.41, 5.74) is 1.10. The van der Waals surface area contributed by atoms with Crippen molar-refractivity contribution in [3.8, 4) is 0 Å². The van der Waals surface area contributed by atoms with Crippen LogP contribution in [0, 0.1) is 13.8 Å². The summed E-state index contributed by atoms with van der Waals surface area (Å²) in [6.07, 6.45) is 2.66. The molecule has 0 aliphatic heterocycles. The molecule has 2 aromatic heterocycles. The van der Waals surface area contributed by atoms with Crippen molar-refractivity contribution in [3.05, 3.63) is 40.4 Å². The molecule has 8 heteroatoms. The van der Waals surface area contributed by atoms with Gasteiger partial charge in [-0.1, -0.05) is 6.08 Å². The molecule has 2 N–H and O–H groups in total. The minimum absolute atomic E-state index is 0.472. The normalized spacial score (nSPS) is 11.5. The van der Waals surface area contributed by atoms with E-state index in [9.17, 15) is 0 Å². The van der Waals surface area contributed by atoms with E-state index in [4.69, 9.17) is 0 Å². The third kappa shape index (κ3) is 5.17. The predicted molar refractivity (Wildman–Crippen MR) is 93.6 cm³/mol. The van der Waals surface area contributed by atoms with Crippen molar-refractivity contribution in [1.29, 1.82) is 0 Å². The third-order valence-corrected chi connectivity index (χ3v) is 4.14. The molecular weight excluding hydrogens is 310 g/mol. The molecule has 0 aliphatic carbocycles. The zero-order chi connectivity index (χ0) is 16.7. The van der Waals surface area contributed by atoms with E-state index in [1.54, 1.807) is 17.4 Å². The molecule has 0 saturated carbocycles. The quantitative estimate of drug-likeness (QED) is 0.454. The number of hydrogen-bond acceptors (Lipinski definition) is 5. The van der Waals surface area contributed by atoms with Gasteiger partial charge in [-0.05, 0) is 13.8 Å². The fourth-order valence-corrected chi connectivity index (χ4v) is 2.56. The van der Waals surface area contributed by atoms with Crippen molar-refractivity contribution in [1.82, 2.24) is 30.4 Å². The van der Waals surface area contributed by atoms with Gasteiger partial charge in [0.15, 0.2) is 11.8 Å². The standard InChI is InChI=1S/C15H23N7S/c1-5-7-16-15(17-8-6-13-10-23-12(3)19-13)18-9-14-21-20-11(2)22(14)4/h5,10H,1,6-9H2,2-4H3,(H2,16,17,18). The van der Waals surface area contributed by atoms with Crippen LogP contribution in [0.1, 0.15) is 22.4 Å². The molecule has 0 unspecified atom stereocenters. The lowest BCUT2D eigenvalue weighted by molar-refractivity contribution is 0.755. The summed E-state index contributed by atoms with van der Waals surface area (Å²) >= 11 is 1.67. The summed E-state index contributed by atoms with van der Waals surface area (Å²) < 4.78 is 1.94. The summed E-state index contributed by atoms with van der Waals surface area (Å²) in [7, 11) is 1.94. The van der Waals surface area contributed by atoms with E-state index in [2.05, 4.69) is 42.8 Å². The summed E-state index contributed by atoms with van der Waals surface area (Å²) in [5, 5.41) is 17.9. The molecule has 0 radical (unpaired) electrons. The van der Waals surface area contributed by atoms with Crippen LogP contribution in [-0.2, 0) is 20.0 Å². The van der Waals surface area contributed by atoms with Gasteiger partial charge in [-0.25, -0.2) is 9.98 Å². The van der Waals surface area contributed by atoms with Gasteiger partial charge in [0.2, 0.25) is 0 Å². The minimum atomic E-state index is 0.472. The maximum Gasteiger partial charge on any atom is 0.191 e. The molecule has 23 heavy (non-hydrogen) atoms. The van der Waals surface area contributed by atoms with Crippen LogP contribution in [0.15, 0.2) is 23.0 Å². The lowest BCUT2D eigenvalue weighted by atomic mass is 10.3. The van der Waals surface area contributed by atoms with E-state index < -0.39 is 0 Å². The zero-order valence-corrected chi connectivity index (χ0v) is 14.7. The maximum absolute atomic E-state index is 4.55. The molecule has 0 aromatic carbocycles. The van der Waals surface area contributed by atoms with Crippen molar-refractivity contribution < 1.29 is 0 Å². The second-order valence-electron chi connectivity index (χ2n) is 5.09. The van der Waals surface area contributed by atoms with E-state index in [0.29, 0.717) is 13.1 Å². The van der Waals surface area contributed by atoms with Crippen molar-refractivity contribution in [2.45, 2.75) is 26.8 Å². The molecule has 0 spiro atoms. The van der Waals surface area contributed by atoms with Crippen LogP contribution in [0.4, 0.5) is 0 Å². The Labute approximate surface area is 140 Å². The predicted octanol–water partition coefficient (Wildman–Crippen LogP) is 1.35. The van der Waals surface area contributed by atoms with Crippen LogP contribution in [0.2, 0.25) is 0 Å². The van der Waals surface area contributed by atoms with Gasteiger partial charge in [0.1, 0.15) is 12.4 Å². The van der Waals surface area contributed by atoms with Gasteiger partial charge in [0, 0.05) is 31.9 Å². The highest BCUT2D eigenvalue weighted by molar-refractivity contribution is 7.09. The summed E-state index contributed by atoms with van der Waals surface area (Å²) in [4.78, 5) is 9.01. The van der Waals surface area contributed by atoms with Gasteiger partial charge in [0.05, 0.1) is 10.7 Å². The van der Waals surface area contributed by atoms with Gasteiger partial charge >= 0.3 is 0 Å². The molecule has 2 rings (SSSR count). The first-order valence-corrected chi connectivity index (χ1v) is 8.37. The number of rotatable bonds is 7. The van der Waals surface area contributed by atoms with E-state index in [1.807, 2.05) is 25.5 Å². The molecule has 124 valence electrons. The summed E-state index contributed by atoms with van der Waals surface area (Å²) in [6.45, 7) is 9.55. The Hall–Kier alpha value is -2.22. The van der Waals surface area contributed by atoms with Crippen LogP contribution in [0.3, 0.4) is 0 Å². The van der Waals surface area contributed by atoms with Crippen LogP contribution in [0.5, 0.6) is 0 Å². The Morgan fingerprint density at radius 2 is 2.22 bits per heavy atom. The average molecular weight is 333 g/mol. The highest BCUT2D eigenvalue weighted by Crippen LogP contribution is 2.07. The summed E-state index contributed by atoms with van der Waals surface area (Å²) in [5.74, 6) is 2.44. The fraction of sp³-hybridized carbons (Fsp3) is 0.467. The largest absolute Gasteiger partial charge is 0.356 e. The van der Waals surface area contributed by atoms with Gasteiger partial charge in [-0.2, -0.15) is 0 Å². The highest BCUT2D eigenvalue weighted by Gasteiger charge is 2.05. The van der Waals surface area contributed by atoms with Crippen LogP contribution in [0.25, 0.3) is 0 Å². The van der Waals surface area contributed by atoms with E-state index in [-0.39, 0.29) is 0 Å². The van der Waals surface area contributed by atoms with Gasteiger partial charge in [-0.3, -0.25) is 0 Å². The third-order valence-electron chi connectivity index (χ3n) is 3.32. The van der Waals surface area contributed by atoms with E-state index in [0.717, 1.165) is 41.3 Å². The molecule has 0 saturated heterocycles. The maximum atomic E-state index is 4.55. The number of aromatic nitrogens is 4. The minimum Gasteiger partial charge on any atom is -0.356 e. The Kier molecular flexibility index (Phi) is 6.28. The number of hydrogen-bond donors (Lipinski definition) is 2. The van der Waals surface area contributed by atoms with E-state index in [1.165, 1.54) is 0 Å². The summed E-state index contributed by atoms with van der Waals surface area (Å²) in [6, 6.07) is 0. The first-order chi connectivity index (χ1) is 11.1. The SMILES string of the molecule is C=CCNC(=NCc1nnc(C)n1C)NCCc1csc(C)n1. The molecule has 0 fully saturated rings. The van der Waals surface area contributed by atoms with Crippen molar-refractivity contribution in [2.24, 2.45) is 12.0 Å². The van der Waals surface area contributed by atoms with Gasteiger partial charge in [-0.15, -0.1) is 28.1 Å². The average Bonchev–Trinajstić information content (AvgIpc) is 3.09. The monoisotopic (exact) mass is 333 g/mol. The number of aryl methyl sites for hydroxylation is 2. The number of aliphatic imine (C=N–C) groups is 1. The van der Waals surface area contributed by atoms with Crippen molar-refractivity contribution >= 4 is 17.3 Å². The number of thiazole rings is 1. The van der Waals surface area contributed by atoms with Crippen LogP contribution < -0.4 is 10.6 Å². The second kappa shape index (κ2) is 8.42. The molecule has 2 heterocycles. The lowest BCUT2D eigenvalue weighted by Gasteiger charge is -2.10. The topological polar surface area (TPSA) is 80.0 Å². The number of nitrogens with one attached hydrogen (secondary N) is 2. The Bertz CT molecular complexity index is 671. The zero-order valence-electron chi connectivity index (χ0n) is 13.8. The van der Waals surface area contributed by atoms with Gasteiger partial charge in [0.25, 0.3) is 0 Å². The number of guanidine groups is 1. The fourth-order valence-electron chi connectivity index (χ4n) is 1.91. The Balaban J connectivity index is 1.91. The molecular formula is C15H23N7S. The molecule has 0 bridgehead atoms. The van der Waals surface area contributed by atoms with Crippen molar-refractivity contribution in [2.75, 3.05) is 13.1 Å². The Morgan fingerprint density at radius 1 is 1.39 bits per heavy atom. The highest BCUT2D eigenvalue weighted by atomic mass is 32.1. The molecule has 0 atom stereocenters. The van der Waals surface area contributed by atoms with E-state index >= 15 is 0 Å². The molecule has 0 aliphatic rings. The molecule has 2 aromatic rings. The second-order valence-corrected chi connectivity index (χ2v) is 6.15. The first kappa shape index (κ1) is 17.1. The van der Waals surface area contributed by atoms with Crippen LogP contribution in [-0.4, -0.2) is 38.8 Å². The molecule has 7 nitrogen and oxygen atoms in total. The molecule has 0 amide bonds. The van der Waals surface area contributed by atoms with Gasteiger partial charge < -0.3 is 15.2 Å². The van der Waals surface area contributed by atoms with Crippen LogP contribution >= 0.6 is 11.3 Å².